The normalized spacial score (nSPS) is 15.3. The predicted octanol–water partition coefficient (Wildman–Crippen LogP) is 2.47. The van der Waals surface area contributed by atoms with E-state index in [9.17, 15) is 13.2 Å². The number of sulfonamides is 1. The molecular weight excluding hydrogens is 340 g/mol. The van der Waals surface area contributed by atoms with E-state index < -0.39 is 10.0 Å². The van der Waals surface area contributed by atoms with Gasteiger partial charge in [-0.2, -0.15) is 0 Å². The highest BCUT2D eigenvalue weighted by molar-refractivity contribution is 7.92. The summed E-state index contributed by atoms with van der Waals surface area (Å²) >= 11 is 0. The number of hydrogen-bond acceptors (Lipinski definition) is 4. The van der Waals surface area contributed by atoms with Crippen molar-refractivity contribution in [2.45, 2.75) is 18.7 Å². The molecule has 1 amide bonds. The molecule has 1 heterocycles. The molecule has 2 aromatic carbocycles. The number of amides is 1. The number of hydrogen-bond donors (Lipinski definition) is 1. The zero-order chi connectivity index (χ0) is 18.0. The van der Waals surface area contributed by atoms with Gasteiger partial charge in [-0.1, -0.05) is 6.07 Å². The molecule has 7 heteroatoms. The zero-order valence-electron chi connectivity index (χ0n) is 14.2. The van der Waals surface area contributed by atoms with E-state index in [1.54, 1.807) is 29.2 Å². The Kier molecular flexibility index (Phi) is 4.78. The van der Waals surface area contributed by atoms with Crippen LogP contribution in [0.1, 0.15) is 11.1 Å². The highest BCUT2D eigenvalue weighted by Gasteiger charge is 2.21. The van der Waals surface area contributed by atoms with Crippen LogP contribution in [0.4, 0.5) is 11.4 Å². The molecule has 0 aromatic heterocycles. The second kappa shape index (κ2) is 6.85. The Hall–Kier alpha value is -2.38. The molecule has 0 bridgehead atoms. The number of anilines is 2. The maximum atomic E-state index is 12.5. The number of rotatable bonds is 4. The average molecular weight is 360 g/mol. The Morgan fingerprint density at radius 2 is 1.76 bits per heavy atom. The fourth-order valence-electron chi connectivity index (χ4n) is 2.62. The smallest absolute Gasteiger partial charge is 0.261 e. The first-order valence-electron chi connectivity index (χ1n) is 7.95. The van der Waals surface area contributed by atoms with E-state index in [0.717, 1.165) is 11.1 Å². The number of ether oxygens (including phenoxy) is 1. The third-order valence-electron chi connectivity index (χ3n) is 4.20. The maximum absolute atomic E-state index is 12.5. The van der Waals surface area contributed by atoms with Gasteiger partial charge in [0, 0.05) is 17.9 Å². The third-order valence-corrected chi connectivity index (χ3v) is 5.60. The van der Waals surface area contributed by atoms with Crippen LogP contribution in [0.2, 0.25) is 0 Å². The molecule has 2 aromatic rings. The van der Waals surface area contributed by atoms with Crippen molar-refractivity contribution in [2.24, 2.45) is 0 Å². The molecule has 1 fully saturated rings. The summed E-state index contributed by atoms with van der Waals surface area (Å²) < 4.78 is 32.8. The molecule has 132 valence electrons. The lowest BCUT2D eigenvalue weighted by molar-refractivity contribution is -0.125. The molecule has 0 atom stereocenters. The van der Waals surface area contributed by atoms with E-state index in [2.05, 4.69) is 4.72 Å². The van der Waals surface area contributed by atoms with Gasteiger partial charge in [0.05, 0.1) is 11.5 Å². The van der Waals surface area contributed by atoms with Gasteiger partial charge in [-0.15, -0.1) is 0 Å². The molecule has 0 spiro atoms. The number of morpholine rings is 1. The minimum Gasteiger partial charge on any atom is -0.370 e. The van der Waals surface area contributed by atoms with Crippen LogP contribution in [0.5, 0.6) is 0 Å². The van der Waals surface area contributed by atoms with E-state index in [1.807, 2.05) is 19.9 Å². The molecule has 1 aliphatic heterocycles. The Morgan fingerprint density at radius 3 is 2.40 bits per heavy atom. The molecule has 1 N–H and O–H groups in total. The molecule has 0 unspecified atom stereocenters. The predicted molar refractivity (Wildman–Crippen MR) is 96.3 cm³/mol. The number of nitrogens with one attached hydrogen (secondary N) is 1. The Labute approximate surface area is 147 Å². The second-order valence-corrected chi connectivity index (χ2v) is 7.68. The molecule has 0 radical (unpaired) electrons. The fraction of sp³-hybridized carbons (Fsp3) is 0.278. The van der Waals surface area contributed by atoms with Gasteiger partial charge in [0.25, 0.3) is 15.9 Å². The zero-order valence-corrected chi connectivity index (χ0v) is 15.0. The van der Waals surface area contributed by atoms with E-state index in [4.69, 9.17) is 4.74 Å². The standard InChI is InChI=1S/C18H20N2O4S/c1-13-3-4-15(11-14(13)2)19-25(22,23)17-7-5-16(6-8-17)20-9-10-24-12-18(20)21/h3-8,11,19H,9-10,12H2,1-2H3. The summed E-state index contributed by atoms with van der Waals surface area (Å²) in [5.74, 6) is -0.130. The Morgan fingerprint density at radius 1 is 1.04 bits per heavy atom. The van der Waals surface area contributed by atoms with Gasteiger partial charge < -0.3 is 9.64 Å². The molecule has 1 aliphatic rings. The van der Waals surface area contributed by atoms with Gasteiger partial charge in [-0.05, 0) is 61.4 Å². The molecule has 6 nitrogen and oxygen atoms in total. The van der Waals surface area contributed by atoms with Crippen LogP contribution in [0, 0.1) is 13.8 Å². The van der Waals surface area contributed by atoms with Crippen molar-refractivity contribution in [3.63, 3.8) is 0 Å². The number of benzene rings is 2. The summed E-state index contributed by atoms with van der Waals surface area (Å²) in [6.07, 6.45) is 0. The highest BCUT2D eigenvalue weighted by Crippen LogP contribution is 2.22. The van der Waals surface area contributed by atoms with Crippen LogP contribution in [0.25, 0.3) is 0 Å². The molecular formula is C18H20N2O4S. The Bertz CT molecular complexity index is 892. The van der Waals surface area contributed by atoms with Crippen molar-refractivity contribution in [1.29, 1.82) is 0 Å². The number of carbonyl (C=O) groups is 1. The first-order chi connectivity index (χ1) is 11.9. The summed E-state index contributed by atoms with van der Waals surface area (Å²) in [5.41, 5.74) is 3.30. The lowest BCUT2D eigenvalue weighted by atomic mass is 10.1. The minimum absolute atomic E-state index is 0.0500. The first kappa shape index (κ1) is 17.4. The number of aryl methyl sites for hydroxylation is 2. The Balaban J connectivity index is 1.80. The van der Waals surface area contributed by atoms with Gasteiger partial charge >= 0.3 is 0 Å². The van der Waals surface area contributed by atoms with Crippen molar-refractivity contribution in [1.82, 2.24) is 0 Å². The number of carbonyl (C=O) groups excluding carboxylic acids is 1. The van der Waals surface area contributed by atoms with Gasteiger partial charge in [0.1, 0.15) is 6.61 Å². The first-order valence-corrected chi connectivity index (χ1v) is 9.43. The van der Waals surface area contributed by atoms with Crippen LogP contribution >= 0.6 is 0 Å². The van der Waals surface area contributed by atoms with Gasteiger partial charge in [0.2, 0.25) is 0 Å². The number of nitrogens with zero attached hydrogens (tertiary/aromatic N) is 1. The lowest BCUT2D eigenvalue weighted by Gasteiger charge is -2.26. The van der Waals surface area contributed by atoms with Crippen molar-refractivity contribution in [3.8, 4) is 0 Å². The molecule has 3 rings (SSSR count). The SMILES string of the molecule is Cc1ccc(NS(=O)(=O)c2ccc(N3CCOCC3=O)cc2)cc1C. The van der Waals surface area contributed by atoms with Crippen LogP contribution in [0.3, 0.4) is 0 Å². The van der Waals surface area contributed by atoms with Crippen molar-refractivity contribution >= 4 is 27.3 Å². The maximum Gasteiger partial charge on any atom is 0.261 e. The monoisotopic (exact) mass is 360 g/mol. The summed E-state index contributed by atoms with van der Waals surface area (Å²) in [6.45, 7) is 4.89. The van der Waals surface area contributed by atoms with E-state index in [1.165, 1.54) is 12.1 Å². The lowest BCUT2D eigenvalue weighted by Crippen LogP contribution is -2.41. The quantitative estimate of drug-likeness (QED) is 0.909. The van der Waals surface area contributed by atoms with Crippen molar-refractivity contribution < 1.29 is 17.9 Å². The topological polar surface area (TPSA) is 75.7 Å². The van der Waals surface area contributed by atoms with E-state index in [0.29, 0.717) is 24.5 Å². The molecule has 0 aliphatic carbocycles. The van der Waals surface area contributed by atoms with Crippen LogP contribution in [-0.2, 0) is 19.6 Å². The van der Waals surface area contributed by atoms with E-state index >= 15 is 0 Å². The molecule has 0 saturated carbocycles. The van der Waals surface area contributed by atoms with Crippen LogP contribution in [-0.4, -0.2) is 34.1 Å². The van der Waals surface area contributed by atoms with Crippen LogP contribution < -0.4 is 9.62 Å². The molecule has 1 saturated heterocycles. The average Bonchev–Trinajstić information content (AvgIpc) is 2.58. The minimum atomic E-state index is -3.68. The van der Waals surface area contributed by atoms with Gasteiger partial charge in [-0.3, -0.25) is 9.52 Å². The van der Waals surface area contributed by atoms with E-state index in [-0.39, 0.29) is 17.4 Å². The summed E-state index contributed by atoms with van der Waals surface area (Å²) in [5, 5.41) is 0. The van der Waals surface area contributed by atoms with Crippen molar-refractivity contribution in [2.75, 3.05) is 29.4 Å². The third kappa shape index (κ3) is 3.83. The molecule has 25 heavy (non-hydrogen) atoms. The summed E-state index contributed by atoms with van der Waals surface area (Å²) in [6, 6.07) is 11.7. The summed E-state index contributed by atoms with van der Waals surface area (Å²) in [4.78, 5) is 13.6. The van der Waals surface area contributed by atoms with Gasteiger partial charge in [-0.25, -0.2) is 8.42 Å². The largest absolute Gasteiger partial charge is 0.370 e. The van der Waals surface area contributed by atoms with Gasteiger partial charge in [0.15, 0.2) is 0 Å². The summed E-state index contributed by atoms with van der Waals surface area (Å²) in [7, 11) is -3.68. The van der Waals surface area contributed by atoms with Crippen molar-refractivity contribution in [3.05, 3.63) is 53.6 Å². The van der Waals surface area contributed by atoms with Crippen LogP contribution in [0.15, 0.2) is 47.4 Å². The second-order valence-electron chi connectivity index (χ2n) is 6.00. The highest BCUT2D eigenvalue weighted by atomic mass is 32.2. The fourth-order valence-corrected chi connectivity index (χ4v) is 3.66.